The van der Waals surface area contributed by atoms with Crippen molar-refractivity contribution >= 4 is 38.5 Å². The SMILES string of the molecule is CC.Cc1c(O)c2cc(OCc3nc4ccccc4s3)ccc2n1C(=O)OC(C)(C)C. The molecule has 0 fully saturated rings. The van der Waals surface area contributed by atoms with Gasteiger partial charge in [0.15, 0.2) is 0 Å². The molecule has 164 valence electrons. The van der Waals surface area contributed by atoms with Crippen molar-refractivity contribution in [1.82, 2.24) is 9.55 Å². The zero-order chi connectivity index (χ0) is 22.8. The van der Waals surface area contributed by atoms with Gasteiger partial charge in [0.05, 0.1) is 21.4 Å². The Morgan fingerprint density at radius 1 is 1.16 bits per heavy atom. The normalized spacial score (nSPS) is 11.3. The monoisotopic (exact) mass is 440 g/mol. The van der Waals surface area contributed by atoms with Gasteiger partial charge < -0.3 is 14.6 Å². The van der Waals surface area contributed by atoms with Crippen LogP contribution in [0, 0.1) is 6.92 Å². The molecule has 7 heteroatoms. The lowest BCUT2D eigenvalue weighted by Gasteiger charge is -2.20. The third-order valence-electron chi connectivity index (χ3n) is 4.42. The Labute approximate surface area is 186 Å². The van der Waals surface area contributed by atoms with Crippen LogP contribution in [-0.4, -0.2) is 26.4 Å². The largest absolute Gasteiger partial charge is 0.505 e. The van der Waals surface area contributed by atoms with Gasteiger partial charge in [0.2, 0.25) is 0 Å². The molecule has 4 aromatic rings. The van der Waals surface area contributed by atoms with E-state index in [9.17, 15) is 9.90 Å². The molecule has 0 aliphatic rings. The Morgan fingerprint density at radius 3 is 2.55 bits per heavy atom. The number of aromatic nitrogens is 2. The smallest absolute Gasteiger partial charge is 0.419 e. The van der Waals surface area contributed by atoms with E-state index in [1.165, 1.54) is 4.57 Å². The fourth-order valence-corrected chi connectivity index (χ4v) is 4.02. The highest BCUT2D eigenvalue weighted by atomic mass is 32.1. The predicted molar refractivity (Wildman–Crippen MR) is 125 cm³/mol. The molecule has 0 aliphatic heterocycles. The minimum Gasteiger partial charge on any atom is -0.505 e. The maximum Gasteiger partial charge on any atom is 0.419 e. The van der Waals surface area contributed by atoms with E-state index in [-0.39, 0.29) is 5.75 Å². The maximum atomic E-state index is 12.6. The van der Waals surface area contributed by atoms with E-state index in [1.54, 1.807) is 57.2 Å². The highest BCUT2D eigenvalue weighted by Gasteiger charge is 2.24. The molecule has 2 aromatic heterocycles. The number of rotatable bonds is 3. The molecule has 0 saturated heterocycles. The number of thiazole rings is 1. The molecule has 31 heavy (non-hydrogen) atoms. The number of para-hydroxylation sites is 1. The van der Waals surface area contributed by atoms with Gasteiger partial charge in [-0.25, -0.2) is 14.3 Å². The second-order valence-corrected chi connectivity index (χ2v) is 8.91. The minimum absolute atomic E-state index is 0.0382. The van der Waals surface area contributed by atoms with E-state index in [4.69, 9.17) is 9.47 Å². The summed E-state index contributed by atoms with van der Waals surface area (Å²) in [5.74, 6) is 0.629. The Bertz CT molecular complexity index is 1180. The Morgan fingerprint density at radius 2 is 1.87 bits per heavy atom. The summed E-state index contributed by atoms with van der Waals surface area (Å²) in [7, 11) is 0. The number of benzene rings is 2. The first-order valence-electron chi connectivity index (χ1n) is 10.3. The molecule has 0 aliphatic carbocycles. The van der Waals surface area contributed by atoms with Crippen molar-refractivity contribution in [3.05, 3.63) is 53.2 Å². The molecular formula is C24H28N2O4S. The Hall–Kier alpha value is -3.06. The predicted octanol–water partition coefficient (Wildman–Crippen LogP) is 6.65. The number of carbonyl (C=O) groups is 1. The minimum atomic E-state index is -0.629. The summed E-state index contributed by atoms with van der Waals surface area (Å²) in [5.41, 5.74) is 1.32. The lowest BCUT2D eigenvalue weighted by molar-refractivity contribution is 0.0540. The van der Waals surface area contributed by atoms with Crippen LogP contribution >= 0.6 is 11.3 Å². The van der Waals surface area contributed by atoms with Crippen LogP contribution < -0.4 is 4.74 Å². The van der Waals surface area contributed by atoms with Crippen LogP contribution in [0.15, 0.2) is 42.5 Å². The summed E-state index contributed by atoms with van der Waals surface area (Å²) in [6.07, 6.45) is -0.525. The number of fused-ring (bicyclic) bond motifs is 2. The summed E-state index contributed by atoms with van der Waals surface area (Å²) < 4.78 is 13.8. The van der Waals surface area contributed by atoms with Gasteiger partial charge in [0, 0.05) is 5.39 Å². The summed E-state index contributed by atoms with van der Waals surface area (Å²) in [4.78, 5) is 17.1. The van der Waals surface area contributed by atoms with E-state index < -0.39 is 11.7 Å². The second-order valence-electron chi connectivity index (χ2n) is 7.79. The molecule has 0 radical (unpaired) electrons. The molecule has 2 aromatic carbocycles. The van der Waals surface area contributed by atoms with E-state index in [0.29, 0.717) is 29.0 Å². The average Bonchev–Trinajstić information content (AvgIpc) is 3.25. The van der Waals surface area contributed by atoms with E-state index in [1.807, 2.05) is 38.1 Å². The number of aromatic hydroxyl groups is 1. The summed E-state index contributed by atoms with van der Waals surface area (Å²) in [6, 6.07) is 13.2. The van der Waals surface area contributed by atoms with Crippen molar-refractivity contribution in [1.29, 1.82) is 0 Å². The van der Waals surface area contributed by atoms with Gasteiger partial charge in [0.25, 0.3) is 0 Å². The van der Waals surface area contributed by atoms with Crippen molar-refractivity contribution in [3.63, 3.8) is 0 Å². The second kappa shape index (κ2) is 8.98. The van der Waals surface area contributed by atoms with Gasteiger partial charge in [-0.3, -0.25) is 0 Å². The van der Waals surface area contributed by atoms with Gasteiger partial charge in [0.1, 0.15) is 28.7 Å². The van der Waals surface area contributed by atoms with Crippen LogP contribution in [0.1, 0.15) is 45.3 Å². The number of hydrogen-bond acceptors (Lipinski definition) is 6. The molecule has 0 atom stereocenters. The van der Waals surface area contributed by atoms with Crippen LogP contribution in [0.5, 0.6) is 11.5 Å². The van der Waals surface area contributed by atoms with Crippen LogP contribution in [0.4, 0.5) is 4.79 Å². The van der Waals surface area contributed by atoms with Gasteiger partial charge in [-0.15, -0.1) is 11.3 Å². The summed E-state index contributed by atoms with van der Waals surface area (Å²) in [5, 5.41) is 11.9. The molecule has 4 rings (SSSR count). The number of carbonyl (C=O) groups excluding carboxylic acids is 1. The van der Waals surface area contributed by atoms with Gasteiger partial charge >= 0.3 is 6.09 Å². The summed E-state index contributed by atoms with van der Waals surface area (Å²) >= 11 is 1.59. The van der Waals surface area contributed by atoms with Crippen molar-refractivity contribution < 1.29 is 19.4 Å². The first-order chi connectivity index (χ1) is 14.7. The lowest BCUT2D eigenvalue weighted by Crippen LogP contribution is -2.27. The third-order valence-corrected chi connectivity index (χ3v) is 5.43. The van der Waals surface area contributed by atoms with E-state index in [2.05, 4.69) is 4.98 Å². The lowest BCUT2D eigenvalue weighted by atomic mass is 10.2. The van der Waals surface area contributed by atoms with Gasteiger partial charge in [-0.05, 0) is 58.0 Å². The highest BCUT2D eigenvalue weighted by Crippen LogP contribution is 2.35. The van der Waals surface area contributed by atoms with E-state index >= 15 is 0 Å². The van der Waals surface area contributed by atoms with Gasteiger partial charge in [-0.2, -0.15) is 0 Å². The van der Waals surface area contributed by atoms with Crippen LogP contribution in [0.2, 0.25) is 0 Å². The molecule has 2 heterocycles. The topological polar surface area (TPSA) is 73.6 Å². The molecule has 0 unspecified atom stereocenters. The zero-order valence-corrected chi connectivity index (χ0v) is 19.5. The zero-order valence-electron chi connectivity index (χ0n) is 18.7. The van der Waals surface area contributed by atoms with Crippen LogP contribution in [-0.2, 0) is 11.3 Å². The standard InChI is InChI=1S/C22H22N2O4S.C2H6/c1-13-20(25)15-11-14(9-10-17(15)24(13)21(26)28-22(2,3)4)27-12-19-23-16-7-5-6-8-18(16)29-19;1-2/h5-11,25H,12H2,1-4H3;1-2H3. The van der Waals surface area contributed by atoms with Crippen molar-refractivity contribution in [2.75, 3.05) is 0 Å². The quantitative estimate of drug-likeness (QED) is 0.386. The molecule has 1 N–H and O–H groups in total. The fraction of sp³-hybridized carbons (Fsp3) is 0.333. The van der Waals surface area contributed by atoms with Gasteiger partial charge in [-0.1, -0.05) is 26.0 Å². The molecule has 0 bridgehead atoms. The molecule has 0 saturated carbocycles. The maximum absolute atomic E-state index is 12.6. The Balaban J connectivity index is 0.00000132. The molecular weight excluding hydrogens is 412 g/mol. The number of ether oxygens (including phenoxy) is 2. The van der Waals surface area contributed by atoms with E-state index in [0.717, 1.165) is 15.2 Å². The first-order valence-corrected chi connectivity index (χ1v) is 11.1. The number of hydrogen-bond donors (Lipinski definition) is 1. The average molecular weight is 441 g/mol. The van der Waals surface area contributed by atoms with Crippen LogP contribution in [0.25, 0.3) is 21.1 Å². The molecule has 0 amide bonds. The van der Waals surface area contributed by atoms with Crippen LogP contribution in [0.3, 0.4) is 0 Å². The third kappa shape index (κ3) is 4.82. The highest BCUT2D eigenvalue weighted by molar-refractivity contribution is 7.18. The number of nitrogens with zero attached hydrogens (tertiary/aromatic N) is 2. The van der Waals surface area contributed by atoms with Crippen molar-refractivity contribution in [3.8, 4) is 11.5 Å². The first kappa shape index (κ1) is 22.6. The molecule has 6 nitrogen and oxygen atoms in total. The van der Waals surface area contributed by atoms with Crippen molar-refractivity contribution in [2.45, 2.75) is 53.8 Å². The Kier molecular flexibility index (Phi) is 6.55. The van der Waals surface area contributed by atoms with Crippen molar-refractivity contribution in [2.24, 2.45) is 0 Å². The fourth-order valence-electron chi connectivity index (χ4n) is 3.14. The summed E-state index contributed by atoms with van der Waals surface area (Å²) in [6.45, 7) is 11.4. The molecule has 0 spiro atoms.